The summed E-state index contributed by atoms with van der Waals surface area (Å²) in [7, 11) is 0. The van der Waals surface area contributed by atoms with Crippen LogP contribution in [0, 0.1) is 6.92 Å². The lowest BCUT2D eigenvalue weighted by molar-refractivity contribution is 0.565. The second kappa shape index (κ2) is 2.84. The molecule has 0 aliphatic carbocycles. The van der Waals surface area contributed by atoms with Crippen molar-refractivity contribution in [1.29, 1.82) is 0 Å². The first-order chi connectivity index (χ1) is 6.33. The molecule has 4 heteroatoms. The Kier molecular flexibility index (Phi) is 1.69. The van der Waals surface area contributed by atoms with Gasteiger partial charge in [-0.2, -0.15) is 4.99 Å². The number of hydrogen-bond donors (Lipinski definition) is 0. The summed E-state index contributed by atoms with van der Waals surface area (Å²) in [4.78, 5) is 17.8. The van der Waals surface area contributed by atoms with Crippen molar-refractivity contribution in [3.63, 3.8) is 0 Å². The third-order valence-electron chi connectivity index (χ3n) is 1.87. The molecule has 0 spiro atoms. The third-order valence-corrected chi connectivity index (χ3v) is 1.87. The van der Waals surface area contributed by atoms with Crippen molar-refractivity contribution in [1.82, 2.24) is 9.38 Å². The van der Waals surface area contributed by atoms with Gasteiger partial charge in [-0.15, -0.1) is 0 Å². The van der Waals surface area contributed by atoms with Gasteiger partial charge in [0.05, 0.1) is 0 Å². The van der Waals surface area contributed by atoms with Crippen molar-refractivity contribution in [2.45, 2.75) is 6.92 Å². The van der Waals surface area contributed by atoms with E-state index in [1.165, 1.54) is 6.08 Å². The summed E-state index contributed by atoms with van der Waals surface area (Å²) in [5.74, 6) is 0. The molecular weight excluding hydrogens is 166 g/mol. The number of carbonyl (C=O) groups excluding carboxylic acids is 1. The third kappa shape index (κ3) is 1.13. The predicted octanol–water partition coefficient (Wildman–Crippen LogP) is 1.61. The highest BCUT2D eigenvalue weighted by molar-refractivity contribution is 5.67. The van der Waals surface area contributed by atoms with Gasteiger partial charge in [0.25, 0.3) is 0 Å². The van der Waals surface area contributed by atoms with Crippen LogP contribution in [0.3, 0.4) is 0 Å². The van der Waals surface area contributed by atoms with Crippen LogP contribution in [0.4, 0.5) is 5.69 Å². The van der Waals surface area contributed by atoms with Crippen molar-refractivity contribution in [3.05, 3.63) is 30.2 Å². The average molecular weight is 173 g/mol. The highest BCUT2D eigenvalue weighted by Gasteiger charge is 2.02. The van der Waals surface area contributed by atoms with Gasteiger partial charge < -0.3 is 4.40 Å². The van der Waals surface area contributed by atoms with Crippen LogP contribution in [-0.2, 0) is 4.79 Å². The number of isocyanates is 1. The Morgan fingerprint density at radius 1 is 1.62 bits per heavy atom. The fraction of sp³-hybridized carbons (Fsp3) is 0.111. The first-order valence-electron chi connectivity index (χ1n) is 3.83. The number of aryl methyl sites for hydroxylation is 1. The number of rotatable bonds is 1. The summed E-state index contributed by atoms with van der Waals surface area (Å²) in [5, 5.41) is 0. The Bertz CT molecular complexity index is 495. The second-order valence-electron chi connectivity index (χ2n) is 2.69. The minimum atomic E-state index is 0.547. The van der Waals surface area contributed by atoms with E-state index >= 15 is 0 Å². The van der Waals surface area contributed by atoms with Gasteiger partial charge in [-0.05, 0) is 19.1 Å². The lowest BCUT2D eigenvalue weighted by atomic mass is 10.4. The van der Waals surface area contributed by atoms with Crippen LogP contribution >= 0.6 is 0 Å². The molecule has 0 N–H and O–H groups in total. The Morgan fingerprint density at radius 3 is 3.23 bits per heavy atom. The van der Waals surface area contributed by atoms with E-state index in [4.69, 9.17) is 0 Å². The average Bonchev–Trinajstić information content (AvgIpc) is 2.50. The molecule has 0 amide bonds. The Balaban J connectivity index is 2.84. The van der Waals surface area contributed by atoms with Crippen LogP contribution in [0.2, 0.25) is 0 Å². The van der Waals surface area contributed by atoms with Gasteiger partial charge in [0.15, 0.2) is 5.65 Å². The molecule has 2 rings (SSSR count). The minimum Gasteiger partial charge on any atom is -0.303 e. The van der Waals surface area contributed by atoms with Gasteiger partial charge in [-0.25, -0.2) is 9.78 Å². The summed E-state index contributed by atoms with van der Waals surface area (Å²) in [6, 6.07) is 3.55. The summed E-state index contributed by atoms with van der Waals surface area (Å²) in [5.41, 5.74) is 2.24. The highest BCUT2D eigenvalue weighted by Crippen LogP contribution is 2.18. The number of pyridine rings is 1. The molecule has 0 aliphatic rings. The van der Waals surface area contributed by atoms with Gasteiger partial charge in [0.1, 0.15) is 5.69 Å². The zero-order valence-electron chi connectivity index (χ0n) is 7.06. The van der Waals surface area contributed by atoms with Crippen LogP contribution in [0.25, 0.3) is 5.65 Å². The van der Waals surface area contributed by atoms with E-state index in [1.54, 1.807) is 12.3 Å². The lowest BCUT2D eigenvalue weighted by Gasteiger charge is -1.96. The maximum absolute atomic E-state index is 10.1. The van der Waals surface area contributed by atoms with Crippen LogP contribution in [0.15, 0.2) is 29.5 Å². The smallest absolute Gasteiger partial charge is 0.240 e. The normalized spacial score (nSPS) is 9.92. The van der Waals surface area contributed by atoms with E-state index in [9.17, 15) is 4.79 Å². The zero-order valence-corrected chi connectivity index (χ0v) is 7.06. The fourth-order valence-electron chi connectivity index (χ4n) is 1.25. The van der Waals surface area contributed by atoms with E-state index in [0.717, 1.165) is 5.69 Å². The predicted molar refractivity (Wildman–Crippen MR) is 47.7 cm³/mol. The highest BCUT2D eigenvalue weighted by atomic mass is 16.1. The summed E-state index contributed by atoms with van der Waals surface area (Å²) in [6.07, 6.45) is 5.12. The molecule has 4 nitrogen and oxygen atoms in total. The monoisotopic (exact) mass is 173 g/mol. The molecule has 0 aromatic carbocycles. The summed E-state index contributed by atoms with van der Waals surface area (Å²) >= 11 is 0. The standard InChI is InChI=1S/C9H7N3O/c1-7-5-10-9-8(11-6-13)3-2-4-12(7)9/h2-5H,1H3. The molecule has 0 fully saturated rings. The van der Waals surface area contributed by atoms with Gasteiger partial charge in [-0.3, -0.25) is 0 Å². The second-order valence-corrected chi connectivity index (χ2v) is 2.69. The zero-order chi connectivity index (χ0) is 9.26. The van der Waals surface area contributed by atoms with Crippen LogP contribution in [0.1, 0.15) is 5.69 Å². The maximum Gasteiger partial charge on any atom is 0.240 e. The molecule has 0 radical (unpaired) electrons. The van der Waals surface area contributed by atoms with Gasteiger partial charge in [0, 0.05) is 18.1 Å². The SMILES string of the molecule is Cc1cnc2c(N=C=O)cccn12. The number of hydrogen-bond acceptors (Lipinski definition) is 3. The summed E-state index contributed by atoms with van der Waals surface area (Å²) < 4.78 is 1.87. The molecule has 0 aliphatic heterocycles. The van der Waals surface area contributed by atoms with Gasteiger partial charge in [-0.1, -0.05) is 0 Å². The molecule has 0 saturated heterocycles. The van der Waals surface area contributed by atoms with E-state index in [2.05, 4.69) is 9.98 Å². The molecule has 0 saturated carbocycles. The molecule has 0 atom stereocenters. The number of aromatic nitrogens is 2. The van der Waals surface area contributed by atoms with Gasteiger partial charge >= 0.3 is 0 Å². The first kappa shape index (κ1) is 7.71. The lowest BCUT2D eigenvalue weighted by Crippen LogP contribution is -1.85. The van der Waals surface area contributed by atoms with Crippen molar-refractivity contribution >= 4 is 17.4 Å². The molecule has 0 unspecified atom stereocenters. The Morgan fingerprint density at radius 2 is 2.46 bits per heavy atom. The van der Waals surface area contributed by atoms with Crippen LogP contribution < -0.4 is 0 Å². The van der Waals surface area contributed by atoms with Crippen molar-refractivity contribution in [2.24, 2.45) is 4.99 Å². The molecule has 13 heavy (non-hydrogen) atoms. The van der Waals surface area contributed by atoms with Crippen LogP contribution in [0.5, 0.6) is 0 Å². The van der Waals surface area contributed by atoms with Crippen molar-refractivity contribution in [2.75, 3.05) is 0 Å². The summed E-state index contributed by atoms with van der Waals surface area (Å²) in [6.45, 7) is 1.94. The van der Waals surface area contributed by atoms with Gasteiger partial charge in [0.2, 0.25) is 6.08 Å². The first-order valence-corrected chi connectivity index (χ1v) is 3.83. The Labute approximate surface area is 74.6 Å². The quantitative estimate of drug-likeness (QED) is 0.485. The molecular formula is C9H7N3O. The van der Waals surface area contributed by atoms with E-state index in [-0.39, 0.29) is 0 Å². The molecule has 2 heterocycles. The minimum absolute atomic E-state index is 0.547. The Hall–Kier alpha value is -1.93. The van der Waals surface area contributed by atoms with E-state index < -0.39 is 0 Å². The molecule has 0 bridgehead atoms. The van der Waals surface area contributed by atoms with Crippen LogP contribution in [-0.4, -0.2) is 15.5 Å². The fourth-order valence-corrected chi connectivity index (χ4v) is 1.25. The topological polar surface area (TPSA) is 46.7 Å². The molecule has 2 aromatic heterocycles. The number of aliphatic imine (C=N–C) groups is 1. The molecule has 64 valence electrons. The number of imidazole rings is 1. The number of fused-ring (bicyclic) bond motifs is 1. The maximum atomic E-state index is 10.1. The van der Waals surface area contributed by atoms with E-state index in [1.807, 2.05) is 23.6 Å². The van der Waals surface area contributed by atoms with Crippen molar-refractivity contribution in [3.8, 4) is 0 Å². The van der Waals surface area contributed by atoms with E-state index in [0.29, 0.717) is 11.3 Å². The molecule has 2 aromatic rings. The number of nitrogens with zero attached hydrogens (tertiary/aromatic N) is 3. The van der Waals surface area contributed by atoms with Crippen molar-refractivity contribution < 1.29 is 4.79 Å². The largest absolute Gasteiger partial charge is 0.303 e.